The summed E-state index contributed by atoms with van der Waals surface area (Å²) in [6.07, 6.45) is -8.69. The lowest BCUT2D eigenvalue weighted by atomic mass is 9.75. The first-order valence-corrected chi connectivity index (χ1v) is 6.75. The third-order valence-electron chi connectivity index (χ3n) is 2.29. The second kappa shape index (κ2) is 9.28. The van der Waals surface area contributed by atoms with Crippen molar-refractivity contribution in [1.82, 2.24) is 5.32 Å². The van der Waals surface area contributed by atoms with Crippen LogP contribution in [-0.2, 0) is 4.79 Å². The predicted molar refractivity (Wildman–Crippen MR) is 91.6 cm³/mol. The molecule has 1 amide bonds. The highest BCUT2D eigenvalue weighted by Crippen LogP contribution is 2.22. The van der Waals surface area contributed by atoms with Crippen molar-refractivity contribution in [3.05, 3.63) is 33.8 Å². The molecule has 0 saturated heterocycles. The smallest absolute Gasteiger partial charge is 0.426 e. The van der Waals surface area contributed by atoms with Gasteiger partial charge in [0.2, 0.25) is 5.91 Å². The Labute approximate surface area is 164 Å². The van der Waals surface area contributed by atoms with Crippen LogP contribution in [0.25, 0.3) is 0 Å². The zero-order valence-electron chi connectivity index (χ0n) is 24.4. The van der Waals surface area contributed by atoms with E-state index in [9.17, 15) is 19.6 Å². The van der Waals surface area contributed by atoms with Gasteiger partial charge in [-0.25, -0.2) is 0 Å². The molecule has 0 radical (unpaired) electrons. The van der Waals surface area contributed by atoms with Crippen LogP contribution in [-0.4, -0.2) is 34.8 Å². The molecule has 1 aromatic rings. The maximum absolute atomic E-state index is 12.6. The number of hydrogen-bond acceptors (Lipinski definition) is 4. The van der Waals surface area contributed by atoms with Gasteiger partial charge in [0.1, 0.15) is 0 Å². The molecule has 0 aliphatic rings. The van der Waals surface area contributed by atoms with Gasteiger partial charge in [0.25, 0.3) is 0 Å². The number of halogens is 2. The minimum atomic E-state index is -3.93. The number of carbonyl (C=O) groups excluding carboxylic acids is 2. The molecule has 8 heteroatoms. The Morgan fingerprint density at radius 2 is 2.22 bits per heavy atom. The monoisotopic (exact) mass is 372 g/mol. The standard InChI is InChI=1S/C15H20BCl2NO4/c1-9(2)7-14(16(22)23)19-15(21)6-5-13(20)11-8-10(17)3-4-12(11)18/h3-4,8-9,14,22-23H,5-7H2,1-2H3,(H,19,21)/t14-/m1/s1/i1D3,2D3,3D,6D2,7D2,8D,14D. The van der Waals surface area contributed by atoms with Crippen LogP contribution in [0.5, 0.6) is 0 Å². The molecule has 0 aliphatic heterocycles. The maximum atomic E-state index is 12.6. The summed E-state index contributed by atoms with van der Waals surface area (Å²) >= 11 is 11.6. The summed E-state index contributed by atoms with van der Waals surface area (Å²) in [4.78, 5) is 25.3. The minimum absolute atomic E-state index is 0.416. The van der Waals surface area contributed by atoms with Gasteiger partial charge in [-0.15, -0.1) is 0 Å². The van der Waals surface area contributed by atoms with Crippen molar-refractivity contribution in [2.24, 2.45) is 5.92 Å². The van der Waals surface area contributed by atoms with Crippen LogP contribution in [0.15, 0.2) is 18.2 Å². The van der Waals surface area contributed by atoms with Crippen molar-refractivity contribution in [3.8, 4) is 0 Å². The highest BCUT2D eigenvalue weighted by molar-refractivity contribution is 6.43. The fourth-order valence-electron chi connectivity index (χ4n) is 1.35. The second-order valence-electron chi connectivity index (χ2n) is 4.05. The number of ketones is 1. The van der Waals surface area contributed by atoms with E-state index in [2.05, 4.69) is 0 Å². The van der Waals surface area contributed by atoms with Crippen molar-refractivity contribution in [2.45, 2.75) is 38.8 Å². The molecule has 1 atom stereocenters. The summed E-state index contributed by atoms with van der Waals surface area (Å²) in [5.41, 5.74) is -0.658. The van der Waals surface area contributed by atoms with Crippen LogP contribution in [0.2, 0.25) is 10.0 Å². The van der Waals surface area contributed by atoms with Crippen molar-refractivity contribution >= 4 is 42.0 Å². The molecule has 23 heavy (non-hydrogen) atoms. The minimum Gasteiger partial charge on any atom is -0.426 e. The van der Waals surface area contributed by atoms with Gasteiger partial charge in [-0.1, -0.05) is 36.9 Å². The first-order valence-electron chi connectivity index (χ1n) is 12.5. The first kappa shape index (κ1) is 7.87. The Morgan fingerprint density at radius 3 is 2.83 bits per heavy atom. The normalized spacial score (nSPS) is 24.1. The zero-order valence-corrected chi connectivity index (χ0v) is 12.9. The third kappa shape index (κ3) is 6.91. The van der Waals surface area contributed by atoms with Crippen LogP contribution in [0.4, 0.5) is 0 Å². The topological polar surface area (TPSA) is 86.6 Å². The van der Waals surface area contributed by atoms with Gasteiger partial charge >= 0.3 is 7.12 Å². The highest BCUT2D eigenvalue weighted by atomic mass is 35.5. The van der Waals surface area contributed by atoms with E-state index in [1.54, 1.807) is 0 Å². The molecular weight excluding hydrogens is 340 g/mol. The number of amides is 1. The number of benzene rings is 1. The van der Waals surface area contributed by atoms with Gasteiger partial charge < -0.3 is 15.4 Å². The van der Waals surface area contributed by atoms with Crippen molar-refractivity contribution in [2.75, 3.05) is 0 Å². The Bertz CT molecular complexity index is 1020. The Morgan fingerprint density at radius 1 is 1.52 bits per heavy atom. The van der Waals surface area contributed by atoms with Gasteiger partial charge in [0.15, 0.2) is 5.78 Å². The number of nitrogens with one attached hydrogen (secondary N) is 1. The molecule has 0 unspecified atom stereocenters. The number of rotatable bonds is 8. The largest absolute Gasteiger partial charge is 0.475 e. The Kier molecular flexibility index (Phi) is 3.17. The average molecular weight is 373 g/mol. The number of hydrogen-bond donors (Lipinski definition) is 3. The highest BCUT2D eigenvalue weighted by Gasteiger charge is 2.26. The average Bonchev–Trinajstić information content (AvgIpc) is 2.62. The molecule has 0 spiro atoms. The molecule has 5 nitrogen and oxygen atoms in total. The zero-order chi connectivity index (χ0) is 28.8. The van der Waals surface area contributed by atoms with E-state index in [4.69, 9.17) is 41.0 Å². The SMILES string of the molecule is [2H]c1cc(Cl)c(C(=O)CC([2H])([2H])C(=O)N[C@@]([2H])(B(O)O)C([2H])([2H])C(C([2H])([2H])[2H])C([2H])([2H])[2H])c([2H])c1Cl. The van der Waals surface area contributed by atoms with E-state index >= 15 is 0 Å². The van der Waals surface area contributed by atoms with Gasteiger partial charge in [-0.3, -0.25) is 9.59 Å². The molecule has 0 saturated carbocycles. The molecular formula is C15H20BCl2NO4. The fourth-order valence-corrected chi connectivity index (χ4v) is 1.71. The van der Waals surface area contributed by atoms with Crippen molar-refractivity contribution in [3.63, 3.8) is 0 Å². The lowest BCUT2D eigenvalue weighted by Gasteiger charge is -2.19. The first-order chi connectivity index (χ1) is 15.8. The van der Waals surface area contributed by atoms with Crippen LogP contribution >= 0.6 is 23.2 Å². The summed E-state index contributed by atoms with van der Waals surface area (Å²) in [7, 11) is -3.26. The molecule has 1 rings (SSSR count). The van der Waals surface area contributed by atoms with Gasteiger partial charge in [0.05, 0.1) is 13.7 Å². The van der Waals surface area contributed by atoms with Crippen molar-refractivity contribution in [1.29, 1.82) is 0 Å². The third-order valence-corrected chi connectivity index (χ3v) is 2.80. The van der Waals surface area contributed by atoms with Gasteiger partial charge in [-0.2, -0.15) is 0 Å². The quantitative estimate of drug-likeness (QED) is 0.483. The summed E-state index contributed by atoms with van der Waals surface area (Å²) in [5.74, 6) is -10.2. The van der Waals surface area contributed by atoms with Crippen LogP contribution < -0.4 is 5.32 Å². The van der Waals surface area contributed by atoms with Crippen molar-refractivity contribution < 1.29 is 37.5 Å². The summed E-state index contributed by atoms with van der Waals surface area (Å²) in [6.45, 7) is -7.28. The van der Waals surface area contributed by atoms with Gasteiger partial charge in [0, 0.05) is 38.5 Å². The maximum Gasteiger partial charge on any atom is 0.475 e. The molecule has 0 aliphatic carbocycles. The molecule has 3 N–H and O–H groups in total. The second-order valence-corrected chi connectivity index (χ2v) is 4.83. The number of Topliss-reactive ketones (excluding diaryl/α,β-unsaturated/α-hetero) is 1. The Hall–Kier alpha value is -1.08. The van der Waals surface area contributed by atoms with Gasteiger partial charge in [-0.05, 0) is 30.4 Å². The summed E-state index contributed by atoms with van der Waals surface area (Å²) in [5, 5.41) is 19.7. The molecule has 0 fully saturated rings. The van der Waals surface area contributed by atoms with E-state index in [0.29, 0.717) is 0 Å². The van der Waals surface area contributed by atoms with Crippen LogP contribution in [0.3, 0.4) is 0 Å². The van der Waals surface area contributed by atoms with E-state index in [-0.39, 0.29) is 0 Å². The van der Waals surface area contributed by atoms with E-state index < -0.39 is 91.2 Å². The lowest BCUT2D eigenvalue weighted by Crippen LogP contribution is -2.47. The van der Waals surface area contributed by atoms with Crippen LogP contribution in [0.1, 0.15) is 61.0 Å². The molecule has 1 aromatic carbocycles. The van der Waals surface area contributed by atoms with E-state index in [1.807, 2.05) is 0 Å². The summed E-state index contributed by atoms with van der Waals surface area (Å²) in [6, 6.07) is -0.272. The lowest BCUT2D eigenvalue weighted by molar-refractivity contribution is -0.121. The predicted octanol–water partition coefficient (Wildman–Crippen LogP) is 2.50. The van der Waals surface area contributed by atoms with Crippen LogP contribution in [0, 0.1) is 5.92 Å². The Balaban J connectivity index is 3.44. The van der Waals surface area contributed by atoms with E-state index in [0.717, 1.165) is 6.07 Å². The number of carbonyl (C=O) groups is 2. The molecule has 126 valence electrons. The molecule has 0 aromatic heterocycles. The fraction of sp³-hybridized carbons (Fsp3) is 0.467. The summed E-state index contributed by atoms with van der Waals surface area (Å²) < 4.78 is 99.6. The molecule has 0 heterocycles. The molecule has 0 bridgehead atoms. The van der Waals surface area contributed by atoms with E-state index in [1.165, 1.54) is 5.32 Å².